The zero-order valence-corrected chi connectivity index (χ0v) is 17.4. The van der Waals surface area contributed by atoms with Gasteiger partial charge in [-0.05, 0) is 55.5 Å². The molecule has 0 aliphatic heterocycles. The van der Waals surface area contributed by atoms with Crippen LogP contribution in [0.3, 0.4) is 0 Å². The molecule has 0 spiro atoms. The highest BCUT2D eigenvalue weighted by molar-refractivity contribution is 7.98. The highest BCUT2D eigenvalue weighted by atomic mass is 32.2. The highest BCUT2D eigenvalue weighted by Crippen LogP contribution is 2.26. The van der Waals surface area contributed by atoms with E-state index in [1.165, 1.54) is 4.90 Å². The van der Waals surface area contributed by atoms with E-state index in [0.717, 1.165) is 38.2 Å². The van der Waals surface area contributed by atoms with E-state index in [-0.39, 0.29) is 24.8 Å². The molecule has 0 aliphatic rings. The van der Waals surface area contributed by atoms with Crippen molar-refractivity contribution in [3.8, 4) is 0 Å². The number of para-hydroxylation sites is 1. The van der Waals surface area contributed by atoms with E-state index in [2.05, 4.69) is 5.32 Å². The number of carbonyl (C=O) groups excluding carboxylic acids is 2. The lowest BCUT2D eigenvalue weighted by molar-refractivity contribution is -0.132. The van der Waals surface area contributed by atoms with Crippen LogP contribution in [0.4, 0.5) is 5.69 Å². The summed E-state index contributed by atoms with van der Waals surface area (Å²) in [5, 5.41) is 3.82. The van der Waals surface area contributed by atoms with Crippen LogP contribution < -0.4 is 5.32 Å². The Kier molecular flexibility index (Phi) is 6.09. The van der Waals surface area contributed by atoms with Crippen molar-refractivity contribution in [2.45, 2.75) is 25.2 Å². The van der Waals surface area contributed by atoms with Gasteiger partial charge in [-0.3, -0.25) is 9.59 Å². The van der Waals surface area contributed by atoms with Gasteiger partial charge >= 0.3 is 0 Å². The fourth-order valence-corrected chi connectivity index (χ4v) is 3.57. The molecule has 0 unspecified atom stereocenters. The first-order chi connectivity index (χ1) is 13.4. The Bertz CT molecular complexity index is 1030. The number of aryl methyl sites for hydroxylation is 2. The Morgan fingerprint density at radius 2 is 1.86 bits per heavy atom. The number of rotatable bonds is 6. The molecule has 0 saturated carbocycles. The van der Waals surface area contributed by atoms with Gasteiger partial charge in [-0.2, -0.15) is 0 Å². The number of hydrogen-bond donors (Lipinski definition) is 1. The number of likely N-dealkylation sites (N-methyl/N-ethyl adjacent to an activating group) is 1. The first-order valence-corrected chi connectivity index (χ1v) is 10.3. The molecule has 0 radical (unpaired) electrons. The lowest BCUT2D eigenvalue weighted by Crippen LogP contribution is -2.35. The summed E-state index contributed by atoms with van der Waals surface area (Å²) in [6.45, 7) is 4.06. The van der Waals surface area contributed by atoms with Gasteiger partial charge in [-0.25, -0.2) is 0 Å². The molecular weight excluding hydrogens is 372 g/mol. The minimum atomic E-state index is -0.221. The molecule has 0 saturated heterocycles. The monoisotopic (exact) mass is 396 g/mol. The summed E-state index contributed by atoms with van der Waals surface area (Å²) in [5.74, 6) is -0.352. The number of nitrogens with one attached hydrogen (secondary N) is 1. The number of benzene rings is 2. The van der Waals surface area contributed by atoms with Gasteiger partial charge in [-0.15, -0.1) is 11.8 Å². The van der Waals surface area contributed by atoms with Gasteiger partial charge in [0.1, 0.15) is 5.58 Å². The van der Waals surface area contributed by atoms with Crippen molar-refractivity contribution >= 4 is 40.2 Å². The number of nitrogens with zero attached hydrogens (tertiary/aromatic N) is 1. The molecule has 0 atom stereocenters. The normalized spacial score (nSPS) is 10.9. The third kappa shape index (κ3) is 4.39. The van der Waals surface area contributed by atoms with Crippen LogP contribution in [0.25, 0.3) is 11.0 Å². The predicted molar refractivity (Wildman–Crippen MR) is 114 cm³/mol. The van der Waals surface area contributed by atoms with Crippen LogP contribution in [0.1, 0.15) is 16.7 Å². The number of amides is 2. The molecular formula is C22H24N2O3S. The topological polar surface area (TPSA) is 62.6 Å². The van der Waals surface area contributed by atoms with Gasteiger partial charge in [0.15, 0.2) is 0 Å². The number of fused-ring (bicyclic) bond motifs is 1. The summed E-state index contributed by atoms with van der Waals surface area (Å²) >= 11 is 1.56. The predicted octanol–water partition coefficient (Wildman–Crippen LogP) is 4.41. The maximum Gasteiger partial charge on any atom is 0.244 e. The summed E-state index contributed by atoms with van der Waals surface area (Å²) in [5.41, 5.74) is 4.68. The highest BCUT2D eigenvalue weighted by Gasteiger charge is 2.17. The molecule has 0 fully saturated rings. The molecule has 28 heavy (non-hydrogen) atoms. The second-order valence-corrected chi connectivity index (χ2v) is 7.72. The maximum atomic E-state index is 12.6. The minimum Gasteiger partial charge on any atom is -0.464 e. The molecule has 1 heterocycles. The van der Waals surface area contributed by atoms with Crippen LogP contribution in [0, 0.1) is 13.8 Å². The average molecular weight is 397 g/mol. The molecule has 146 valence electrons. The summed E-state index contributed by atoms with van der Waals surface area (Å²) in [7, 11) is 1.64. The van der Waals surface area contributed by atoms with Gasteiger partial charge in [0.05, 0.1) is 24.9 Å². The lowest BCUT2D eigenvalue weighted by Gasteiger charge is -2.17. The van der Waals surface area contributed by atoms with E-state index in [1.807, 2.05) is 56.5 Å². The Hall–Kier alpha value is -2.73. The second-order valence-electron chi connectivity index (χ2n) is 6.87. The third-order valence-corrected chi connectivity index (χ3v) is 5.60. The molecule has 1 N–H and O–H groups in total. The Morgan fingerprint density at radius 1 is 1.14 bits per heavy atom. The molecule has 0 bridgehead atoms. The Balaban J connectivity index is 1.65. The zero-order valence-electron chi connectivity index (χ0n) is 16.5. The Morgan fingerprint density at radius 3 is 2.61 bits per heavy atom. The SMILES string of the molecule is CSc1ccccc1NC(=O)CN(C)C(=O)Cc1coc2cc(C)c(C)cc12. The summed E-state index contributed by atoms with van der Waals surface area (Å²) in [6.07, 6.45) is 3.78. The average Bonchev–Trinajstić information content (AvgIpc) is 3.04. The van der Waals surface area contributed by atoms with Gasteiger partial charge in [0, 0.05) is 22.9 Å². The summed E-state index contributed by atoms with van der Waals surface area (Å²) in [4.78, 5) is 27.4. The van der Waals surface area contributed by atoms with Gasteiger partial charge in [0.2, 0.25) is 11.8 Å². The lowest BCUT2D eigenvalue weighted by atomic mass is 10.0. The quantitative estimate of drug-likeness (QED) is 0.627. The van der Waals surface area contributed by atoms with Gasteiger partial charge in [0.25, 0.3) is 0 Å². The summed E-state index contributed by atoms with van der Waals surface area (Å²) < 4.78 is 5.60. The standard InChI is InChI=1S/C22H24N2O3S/c1-14-9-17-16(13-27-19(17)10-15(14)2)11-22(26)24(3)12-21(25)23-18-7-5-6-8-20(18)28-4/h5-10,13H,11-12H2,1-4H3,(H,23,25). The van der Waals surface area contributed by atoms with Crippen molar-refractivity contribution in [2.75, 3.05) is 25.2 Å². The molecule has 1 aromatic heterocycles. The van der Waals surface area contributed by atoms with E-state index in [0.29, 0.717) is 0 Å². The van der Waals surface area contributed by atoms with E-state index >= 15 is 0 Å². The molecule has 6 heteroatoms. The molecule has 3 aromatic rings. The molecule has 2 aromatic carbocycles. The van der Waals surface area contributed by atoms with Crippen molar-refractivity contribution in [3.63, 3.8) is 0 Å². The van der Waals surface area contributed by atoms with Crippen molar-refractivity contribution in [1.82, 2.24) is 4.90 Å². The fraction of sp³-hybridized carbons (Fsp3) is 0.273. The van der Waals surface area contributed by atoms with Crippen LogP contribution in [0.5, 0.6) is 0 Å². The first kappa shape index (κ1) is 20.0. The number of carbonyl (C=O) groups is 2. The van der Waals surface area contributed by atoms with Crippen LogP contribution in [0.2, 0.25) is 0 Å². The largest absolute Gasteiger partial charge is 0.464 e. The maximum absolute atomic E-state index is 12.6. The van der Waals surface area contributed by atoms with E-state index in [4.69, 9.17) is 4.42 Å². The molecule has 3 rings (SSSR count). The number of thioether (sulfide) groups is 1. The van der Waals surface area contributed by atoms with Gasteiger partial charge < -0.3 is 14.6 Å². The minimum absolute atomic E-state index is 0.00450. The van der Waals surface area contributed by atoms with Gasteiger partial charge in [-0.1, -0.05) is 12.1 Å². The smallest absolute Gasteiger partial charge is 0.244 e. The fourth-order valence-electron chi connectivity index (χ4n) is 3.01. The van der Waals surface area contributed by atoms with Crippen LogP contribution in [0.15, 0.2) is 52.0 Å². The van der Waals surface area contributed by atoms with Crippen LogP contribution in [-0.2, 0) is 16.0 Å². The van der Waals surface area contributed by atoms with E-state index in [1.54, 1.807) is 25.1 Å². The molecule has 5 nitrogen and oxygen atoms in total. The van der Waals surface area contributed by atoms with E-state index in [9.17, 15) is 9.59 Å². The first-order valence-electron chi connectivity index (χ1n) is 9.03. The van der Waals surface area contributed by atoms with Crippen molar-refractivity contribution in [1.29, 1.82) is 0 Å². The zero-order chi connectivity index (χ0) is 20.3. The van der Waals surface area contributed by atoms with Crippen LogP contribution in [-0.4, -0.2) is 36.6 Å². The number of anilines is 1. The van der Waals surface area contributed by atoms with Crippen molar-refractivity contribution in [3.05, 3.63) is 59.4 Å². The number of hydrogen-bond acceptors (Lipinski definition) is 4. The van der Waals surface area contributed by atoms with Crippen LogP contribution >= 0.6 is 11.8 Å². The second kappa shape index (κ2) is 8.52. The Labute approximate surface area is 169 Å². The third-order valence-electron chi connectivity index (χ3n) is 4.80. The van der Waals surface area contributed by atoms with Crippen molar-refractivity contribution < 1.29 is 14.0 Å². The van der Waals surface area contributed by atoms with Crippen molar-refractivity contribution in [2.24, 2.45) is 0 Å². The molecule has 2 amide bonds. The molecule has 0 aliphatic carbocycles. The number of furan rings is 1. The van der Waals surface area contributed by atoms with E-state index < -0.39 is 0 Å². The summed E-state index contributed by atoms with van der Waals surface area (Å²) in [6, 6.07) is 11.6.